The molecule has 0 radical (unpaired) electrons. The molecule has 0 aliphatic heterocycles. The maximum atomic E-state index is 12.5. The van der Waals surface area contributed by atoms with Crippen molar-refractivity contribution >= 4 is 5.91 Å². The number of hydrogen-bond acceptors (Lipinski definition) is 3. The quantitative estimate of drug-likeness (QED) is 0.912. The summed E-state index contributed by atoms with van der Waals surface area (Å²) in [6.07, 6.45) is 4.37. The number of imidazole rings is 1. The molecule has 0 aliphatic carbocycles. The predicted octanol–water partition coefficient (Wildman–Crippen LogP) is 1.79. The topological polar surface area (TPSA) is 66.8 Å². The number of likely N-dealkylation sites (N-methyl/N-ethyl adjacent to an activating group) is 1. The van der Waals surface area contributed by atoms with Crippen molar-refractivity contribution in [1.29, 1.82) is 0 Å². The molecule has 0 saturated heterocycles. The highest BCUT2D eigenvalue weighted by atomic mass is 16.2. The third kappa shape index (κ3) is 3.15. The summed E-state index contributed by atoms with van der Waals surface area (Å²) in [4.78, 5) is 18.4. The molecule has 0 unspecified atom stereocenters. The second kappa shape index (κ2) is 6.11. The monoisotopic (exact) mass is 289 g/mol. The van der Waals surface area contributed by atoms with E-state index in [4.69, 9.17) is 0 Å². The van der Waals surface area contributed by atoms with E-state index in [0.717, 1.165) is 23.6 Å². The van der Waals surface area contributed by atoms with Gasteiger partial charge in [0.25, 0.3) is 0 Å². The third-order valence-corrected chi connectivity index (χ3v) is 3.99. The zero-order chi connectivity index (χ0) is 15.6. The molecule has 1 N–H and O–H groups in total. The molecule has 21 heavy (non-hydrogen) atoms. The molecule has 0 bridgehead atoms. The SMILES string of the molecule is Cc1n[nH]c(C)c1CCN(C)C(=O)[C@H](C)n1ccnc1C. The van der Waals surface area contributed by atoms with Crippen molar-refractivity contribution in [2.45, 2.75) is 40.2 Å². The Labute approximate surface area is 125 Å². The zero-order valence-electron chi connectivity index (χ0n) is 13.3. The van der Waals surface area contributed by atoms with Crippen molar-refractivity contribution in [1.82, 2.24) is 24.6 Å². The number of nitrogens with one attached hydrogen (secondary N) is 1. The molecule has 114 valence electrons. The highest BCUT2D eigenvalue weighted by molar-refractivity contribution is 5.79. The average Bonchev–Trinajstić information content (AvgIpc) is 3.01. The van der Waals surface area contributed by atoms with Gasteiger partial charge in [0.1, 0.15) is 11.9 Å². The summed E-state index contributed by atoms with van der Waals surface area (Å²) in [5, 5.41) is 7.16. The van der Waals surface area contributed by atoms with Gasteiger partial charge in [-0.25, -0.2) is 4.98 Å². The molecule has 2 rings (SSSR count). The van der Waals surface area contributed by atoms with Gasteiger partial charge in [-0.15, -0.1) is 0 Å². The Bertz CT molecular complexity index is 608. The Morgan fingerprint density at radius 1 is 1.43 bits per heavy atom. The van der Waals surface area contributed by atoms with Crippen molar-refractivity contribution in [2.75, 3.05) is 13.6 Å². The molecule has 0 aliphatic rings. The van der Waals surface area contributed by atoms with E-state index in [2.05, 4.69) is 15.2 Å². The van der Waals surface area contributed by atoms with Gasteiger partial charge in [0.2, 0.25) is 5.91 Å². The number of carbonyl (C=O) groups is 1. The minimum atomic E-state index is -0.232. The first-order valence-electron chi connectivity index (χ1n) is 7.16. The van der Waals surface area contributed by atoms with Crippen LogP contribution < -0.4 is 0 Å². The van der Waals surface area contributed by atoms with Crippen LogP contribution in [0.1, 0.15) is 35.7 Å². The molecule has 1 atom stereocenters. The number of hydrogen-bond donors (Lipinski definition) is 1. The molecule has 2 heterocycles. The molecule has 0 spiro atoms. The van der Waals surface area contributed by atoms with Gasteiger partial charge in [0.15, 0.2) is 0 Å². The van der Waals surface area contributed by atoms with Gasteiger partial charge in [-0.1, -0.05) is 0 Å². The number of H-pyrrole nitrogens is 1. The largest absolute Gasteiger partial charge is 0.344 e. The normalized spacial score (nSPS) is 12.4. The summed E-state index contributed by atoms with van der Waals surface area (Å²) in [5.41, 5.74) is 3.28. The number of amides is 1. The van der Waals surface area contributed by atoms with Crippen LogP contribution in [0, 0.1) is 20.8 Å². The van der Waals surface area contributed by atoms with E-state index in [1.165, 1.54) is 5.56 Å². The number of nitrogens with zero attached hydrogens (tertiary/aromatic N) is 4. The molecule has 0 aromatic carbocycles. The van der Waals surface area contributed by atoms with Crippen LogP contribution in [-0.2, 0) is 11.2 Å². The Kier molecular flexibility index (Phi) is 4.45. The average molecular weight is 289 g/mol. The van der Waals surface area contributed by atoms with Crippen LogP contribution >= 0.6 is 0 Å². The molecular weight excluding hydrogens is 266 g/mol. The van der Waals surface area contributed by atoms with Crippen LogP contribution in [-0.4, -0.2) is 44.1 Å². The summed E-state index contributed by atoms with van der Waals surface area (Å²) in [6, 6.07) is -0.232. The lowest BCUT2D eigenvalue weighted by Crippen LogP contribution is -2.34. The molecule has 2 aromatic heterocycles. The van der Waals surface area contributed by atoms with E-state index in [9.17, 15) is 4.79 Å². The van der Waals surface area contributed by atoms with E-state index in [0.29, 0.717) is 6.54 Å². The Hall–Kier alpha value is -2.11. The first kappa shape index (κ1) is 15.3. The van der Waals surface area contributed by atoms with Crippen molar-refractivity contribution in [2.24, 2.45) is 0 Å². The number of aromatic nitrogens is 4. The van der Waals surface area contributed by atoms with Crippen LogP contribution in [0.4, 0.5) is 0 Å². The maximum absolute atomic E-state index is 12.5. The summed E-state index contributed by atoms with van der Waals surface area (Å²) in [5.74, 6) is 0.945. The standard InChI is InChI=1S/C15H23N5O/c1-10-14(11(2)18-17-10)6-8-19(5)15(21)12(3)20-9-7-16-13(20)4/h7,9,12H,6,8H2,1-5H3,(H,17,18)/t12-/m0/s1. The van der Waals surface area contributed by atoms with Crippen LogP contribution in [0.3, 0.4) is 0 Å². The molecule has 1 amide bonds. The lowest BCUT2D eigenvalue weighted by Gasteiger charge is -2.23. The Morgan fingerprint density at radius 3 is 2.67 bits per heavy atom. The zero-order valence-corrected chi connectivity index (χ0v) is 13.3. The maximum Gasteiger partial charge on any atom is 0.245 e. The fourth-order valence-corrected chi connectivity index (χ4v) is 2.57. The van der Waals surface area contributed by atoms with Gasteiger partial charge in [-0.05, 0) is 39.7 Å². The van der Waals surface area contributed by atoms with Gasteiger partial charge in [-0.2, -0.15) is 5.10 Å². The minimum Gasteiger partial charge on any atom is -0.344 e. The first-order valence-corrected chi connectivity index (χ1v) is 7.16. The van der Waals surface area contributed by atoms with Crippen molar-refractivity contribution in [3.05, 3.63) is 35.2 Å². The number of rotatable bonds is 5. The summed E-state index contributed by atoms with van der Waals surface area (Å²) >= 11 is 0. The molecular formula is C15H23N5O. The molecule has 2 aromatic rings. The number of aryl methyl sites for hydroxylation is 3. The van der Waals surface area contributed by atoms with Crippen LogP contribution in [0.5, 0.6) is 0 Å². The summed E-state index contributed by atoms with van der Waals surface area (Å²) < 4.78 is 1.90. The highest BCUT2D eigenvalue weighted by Gasteiger charge is 2.20. The van der Waals surface area contributed by atoms with Gasteiger partial charge < -0.3 is 9.47 Å². The fourth-order valence-electron chi connectivity index (χ4n) is 2.57. The van der Waals surface area contributed by atoms with E-state index in [-0.39, 0.29) is 11.9 Å². The van der Waals surface area contributed by atoms with Gasteiger partial charge in [0.05, 0.1) is 5.69 Å². The van der Waals surface area contributed by atoms with E-state index >= 15 is 0 Å². The van der Waals surface area contributed by atoms with E-state index in [1.807, 2.05) is 45.5 Å². The predicted molar refractivity (Wildman–Crippen MR) is 81.1 cm³/mol. The van der Waals surface area contributed by atoms with Crippen LogP contribution in [0.25, 0.3) is 0 Å². The summed E-state index contributed by atoms with van der Waals surface area (Å²) in [7, 11) is 1.84. The Morgan fingerprint density at radius 2 is 2.14 bits per heavy atom. The lowest BCUT2D eigenvalue weighted by molar-refractivity contribution is -0.133. The van der Waals surface area contributed by atoms with E-state index < -0.39 is 0 Å². The lowest BCUT2D eigenvalue weighted by atomic mass is 10.1. The van der Waals surface area contributed by atoms with Gasteiger partial charge in [-0.3, -0.25) is 9.89 Å². The van der Waals surface area contributed by atoms with Gasteiger partial charge in [0, 0.05) is 31.7 Å². The second-order valence-electron chi connectivity index (χ2n) is 5.48. The second-order valence-corrected chi connectivity index (χ2v) is 5.48. The van der Waals surface area contributed by atoms with E-state index in [1.54, 1.807) is 11.1 Å². The first-order chi connectivity index (χ1) is 9.91. The van der Waals surface area contributed by atoms with Gasteiger partial charge >= 0.3 is 0 Å². The fraction of sp³-hybridized carbons (Fsp3) is 0.533. The van der Waals surface area contributed by atoms with Crippen molar-refractivity contribution < 1.29 is 4.79 Å². The Balaban J connectivity index is 1.99. The third-order valence-electron chi connectivity index (χ3n) is 3.99. The van der Waals surface area contributed by atoms with Crippen LogP contribution in [0.2, 0.25) is 0 Å². The molecule has 6 heteroatoms. The highest BCUT2D eigenvalue weighted by Crippen LogP contribution is 2.14. The minimum absolute atomic E-state index is 0.0925. The molecule has 0 saturated carbocycles. The van der Waals surface area contributed by atoms with Crippen LogP contribution in [0.15, 0.2) is 12.4 Å². The van der Waals surface area contributed by atoms with Crippen molar-refractivity contribution in [3.63, 3.8) is 0 Å². The molecule has 0 fully saturated rings. The number of carbonyl (C=O) groups excluding carboxylic acids is 1. The number of aromatic amines is 1. The van der Waals surface area contributed by atoms with Crippen molar-refractivity contribution in [3.8, 4) is 0 Å². The molecule has 6 nitrogen and oxygen atoms in total. The smallest absolute Gasteiger partial charge is 0.245 e. The summed E-state index contributed by atoms with van der Waals surface area (Å²) in [6.45, 7) is 8.48.